The van der Waals surface area contributed by atoms with Gasteiger partial charge in [-0.1, -0.05) is 11.6 Å². The van der Waals surface area contributed by atoms with E-state index in [0.717, 1.165) is 0 Å². The minimum atomic E-state index is -5.82. The molecule has 0 spiro atoms. The Morgan fingerprint density at radius 2 is 1.07 bits per heavy atom. The Hall–Kier alpha value is -0.600. The quantitative estimate of drug-likeness (QED) is 0.478. The maximum Gasteiger partial charge on any atom is 0.459 e. The van der Waals surface area contributed by atoms with Crippen molar-refractivity contribution in [1.29, 1.82) is 0 Å². The van der Waals surface area contributed by atoms with Gasteiger partial charge in [-0.05, 0) is 0 Å². The van der Waals surface area contributed by atoms with Gasteiger partial charge in [-0.3, -0.25) is 4.79 Å². The van der Waals surface area contributed by atoms with E-state index in [4.69, 9.17) is 0 Å². The topological polar surface area (TPSA) is 17.1 Å². The Morgan fingerprint density at radius 1 is 0.929 bits per heavy atom. The van der Waals surface area contributed by atoms with Crippen molar-refractivity contribution in [1.82, 2.24) is 0 Å². The second-order valence-corrected chi connectivity index (χ2v) is 1.90. The molecule has 0 saturated heterocycles. The van der Waals surface area contributed by atoms with Crippen molar-refractivity contribution in [3.8, 4) is 0 Å². The van der Waals surface area contributed by atoms with Crippen LogP contribution in [0.2, 0.25) is 0 Å². The van der Waals surface area contributed by atoms with E-state index in [-0.39, 0.29) is 0 Å². The summed E-state index contributed by atoms with van der Waals surface area (Å²) in [7, 11) is 0. The molecular formula is C4HClF8O. The van der Waals surface area contributed by atoms with Crippen molar-refractivity contribution >= 4 is 17.4 Å². The van der Waals surface area contributed by atoms with Gasteiger partial charge in [0.05, 0.1) is 0 Å². The zero-order valence-electron chi connectivity index (χ0n) is 5.89. The molecule has 14 heavy (non-hydrogen) atoms. The molecule has 0 rings (SSSR count). The molecule has 0 N–H and O–H groups in total. The fourth-order valence-corrected chi connectivity index (χ4v) is 0.161. The summed E-state index contributed by atoms with van der Waals surface area (Å²) >= 11 is 3.94. The Morgan fingerprint density at radius 3 is 1.07 bits per heavy atom. The van der Waals surface area contributed by atoms with Gasteiger partial charge >= 0.3 is 24.0 Å². The zero-order valence-corrected chi connectivity index (χ0v) is 6.64. The lowest BCUT2D eigenvalue weighted by molar-refractivity contribution is -0.217. The molecule has 0 aliphatic heterocycles. The van der Waals surface area contributed by atoms with Gasteiger partial charge in [0.25, 0.3) is 0 Å². The molecule has 0 aliphatic carbocycles. The molecule has 0 aliphatic rings. The van der Waals surface area contributed by atoms with Crippen molar-refractivity contribution in [2.24, 2.45) is 0 Å². The molecule has 10 heteroatoms. The van der Waals surface area contributed by atoms with Crippen LogP contribution in [0.5, 0.6) is 0 Å². The number of carbonyl (C=O) groups excluding carboxylic acids is 1. The van der Waals surface area contributed by atoms with Crippen LogP contribution in [-0.4, -0.2) is 24.0 Å². The van der Waals surface area contributed by atoms with E-state index in [1.807, 2.05) is 0 Å². The highest BCUT2D eigenvalue weighted by molar-refractivity contribution is 6.18. The maximum absolute atomic E-state index is 10.9. The van der Waals surface area contributed by atoms with Crippen LogP contribution in [0.3, 0.4) is 0 Å². The molecule has 0 bridgehead atoms. The monoisotopic (exact) mass is 252 g/mol. The highest BCUT2D eigenvalue weighted by Crippen LogP contribution is 2.28. The summed E-state index contributed by atoms with van der Waals surface area (Å²) in [6.45, 7) is 0. The summed E-state index contributed by atoms with van der Waals surface area (Å²) in [5.74, 6) is -6.38. The molecule has 0 atom stereocenters. The summed E-state index contributed by atoms with van der Waals surface area (Å²) in [5.41, 5.74) is 0. The molecule has 0 aromatic heterocycles. The summed E-state index contributed by atoms with van der Waals surface area (Å²) < 4.78 is 85.5. The van der Waals surface area contributed by atoms with Gasteiger partial charge in [0.1, 0.15) is 0 Å². The second kappa shape index (κ2) is 5.32. The van der Waals surface area contributed by atoms with Gasteiger partial charge in [-0.2, -0.15) is 35.1 Å². The first-order valence-electron chi connectivity index (χ1n) is 2.49. The second-order valence-electron chi connectivity index (χ2n) is 1.57. The number of Topliss-reactive ketones (excluding diaryl/α,β-unsaturated/α-hetero) is 1. The van der Waals surface area contributed by atoms with Crippen LogP contribution < -0.4 is 0 Å². The lowest BCUT2D eigenvalue weighted by Crippen LogP contribution is -2.36. The van der Waals surface area contributed by atoms with Crippen LogP contribution in [0.1, 0.15) is 0 Å². The third kappa shape index (κ3) is 9.49. The molecular weight excluding hydrogens is 251 g/mol. The third-order valence-electron chi connectivity index (χ3n) is 0.515. The van der Waals surface area contributed by atoms with Crippen molar-refractivity contribution in [2.75, 3.05) is 0 Å². The van der Waals surface area contributed by atoms with Crippen molar-refractivity contribution in [3.63, 3.8) is 0 Å². The molecule has 0 aromatic rings. The SMILES string of the molecule is FC(F)Cl.O=C(C(F)(F)F)C(F)(F)F. The van der Waals surface area contributed by atoms with Crippen LogP contribution in [0, 0.1) is 0 Å². The summed E-state index contributed by atoms with van der Waals surface area (Å²) in [6.07, 6.45) is -11.6. The molecule has 0 heterocycles. The van der Waals surface area contributed by atoms with Gasteiger partial charge < -0.3 is 0 Å². The Bertz CT molecular complexity index is 162. The van der Waals surface area contributed by atoms with E-state index in [2.05, 4.69) is 11.6 Å². The largest absolute Gasteiger partial charge is 0.459 e. The zero-order chi connectivity index (χ0) is 12.2. The van der Waals surface area contributed by atoms with E-state index >= 15 is 0 Å². The lowest BCUT2D eigenvalue weighted by atomic mass is 10.4. The van der Waals surface area contributed by atoms with Gasteiger partial charge in [0, 0.05) is 0 Å². The van der Waals surface area contributed by atoms with Gasteiger partial charge in [0.15, 0.2) is 0 Å². The Balaban J connectivity index is 0. The highest BCUT2D eigenvalue weighted by Gasteiger charge is 2.55. The molecule has 0 saturated carbocycles. The van der Waals surface area contributed by atoms with Gasteiger partial charge in [0.2, 0.25) is 0 Å². The minimum Gasteiger partial charge on any atom is -0.279 e. The lowest BCUT2D eigenvalue weighted by Gasteiger charge is -2.06. The first-order valence-corrected chi connectivity index (χ1v) is 2.93. The number of carbonyl (C=O) groups is 1. The number of hydrogen-bond donors (Lipinski definition) is 0. The average Bonchev–Trinajstić information content (AvgIpc) is 1.80. The van der Waals surface area contributed by atoms with Crippen molar-refractivity contribution in [2.45, 2.75) is 18.2 Å². The summed E-state index contributed by atoms with van der Waals surface area (Å²) in [5, 5.41) is 0. The number of hydrogen-bond acceptors (Lipinski definition) is 1. The van der Waals surface area contributed by atoms with Crippen molar-refractivity contribution < 1.29 is 39.9 Å². The van der Waals surface area contributed by atoms with E-state index < -0.39 is 24.0 Å². The average molecular weight is 252 g/mol. The predicted octanol–water partition coefficient (Wildman–Crippen LogP) is 3.13. The van der Waals surface area contributed by atoms with Gasteiger partial charge in [-0.15, -0.1) is 0 Å². The highest BCUT2D eigenvalue weighted by atomic mass is 35.5. The van der Waals surface area contributed by atoms with E-state index in [0.29, 0.717) is 0 Å². The Labute approximate surface area is 76.6 Å². The molecule has 0 radical (unpaired) electrons. The van der Waals surface area contributed by atoms with Crippen LogP contribution in [0.15, 0.2) is 0 Å². The van der Waals surface area contributed by atoms with Gasteiger partial charge in [-0.25, -0.2) is 0 Å². The van der Waals surface area contributed by atoms with Crippen LogP contribution in [0.4, 0.5) is 35.1 Å². The predicted molar refractivity (Wildman–Crippen MR) is 29.0 cm³/mol. The van der Waals surface area contributed by atoms with E-state index in [1.54, 1.807) is 0 Å². The van der Waals surface area contributed by atoms with Crippen LogP contribution in [-0.2, 0) is 4.79 Å². The molecule has 0 unspecified atom stereocenters. The molecule has 0 aromatic carbocycles. The molecule has 86 valence electrons. The first kappa shape index (κ1) is 15.9. The fraction of sp³-hybridized carbons (Fsp3) is 0.750. The molecule has 0 fully saturated rings. The fourth-order valence-electron chi connectivity index (χ4n) is 0.161. The summed E-state index contributed by atoms with van der Waals surface area (Å²) in [6, 6.07) is 0. The number of ketones is 1. The smallest absolute Gasteiger partial charge is 0.279 e. The third-order valence-corrected chi connectivity index (χ3v) is 0.515. The van der Waals surface area contributed by atoms with Crippen LogP contribution in [0.25, 0.3) is 0 Å². The summed E-state index contributed by atoms with van der Waals surface area (Å²) in [4.78, 5) is 9.24. The molecule has 1 nitrogen and oxygen atoms in total. The van der Waals surface area contributed by atoms with Crippen LogP contribution >= 0.6 is 11.6 Å². The normalized spacial score (nSPS) is 12.1. The number of alkyl halides is 9. The molecule has 0 amide bonds. The first-order chi connectivity index (χ1) is 5.89. The number of halogens is 9. The van der Waals surface area contributed by atoms with Crippen molar-refractivity contribution in [3.05, 3.63) is 0 Å². The Kier molecular flexibility index (Phi) is 6.03. The minimum absolute atomic E-state index is 2.69. The van der Waals surface area contributed by atoms with E-state index in [1.165, 1.54) is 0 Å². The van der Waals surface area contributed by atoms with E-state index in [9.17, 15) is 39.9 Å². The number of rotatable bonds is 0. The standard InChI is InChI=1S/C3F6O.CHClF2/c4-2(5,6)1(10)3(7,8)9;2-1(3)4/h;1H. The maximum atomic E-state index is 10.9.